The van der Waals surface area contributed by atoms with Gasteiger partial charge >= 0.3 is 0 Å². The van der Waals surface area contributed by atoms with E-state index in [0.29, 0.717) is 5.22 Å². The lowest BCUT2D eigenvalue weighted by Crippen LogP contribution is -2.33. The highest BCUT2D eigenvalue weighted by Gasteiger charge is 2.18. The van der Waals surface area contributed by atoms with Crippen LogP contribution in [-0.2, 0) is 4.79 Å². The first-order valence-electron chi connectivity index (χ1n) is 8.71. The van der Waals surface area contributed by atoms with Gasteiger partial charge in [-0.1, -0.05) is 79.3 Å². The molecule has 1 N–H and O–H groups in total. The van der Waals surface area contributed by atoms with Gasteiger partial charge in [-0.3, -0.25) is 4.79 Å². The number of nitrogens with one attached hydrogen (secondary N) is 1. The van der Waals surface area contributed by atoms with Crippen LogP contribution < -0.4 is 5.32 Å². The summed E-state index contributed by atoms with van der Waals surface area (Å²) in [5, 5.41) is 3.46. The quantitative estimate of drug-likeness (QED) is 0.597. The lowest BCUT2D eigenvalue weighted by Gasteiger charge is -2.09. The summed E-state index contributed by atoms with van der Waals surface area (Å²) in [6.07, 6.45) is 0.908. The molecule has 134 valence electrons. The SMILES string of the molecule is CC[C@H](C)NC(=O)CSc1nc(-c2ccccc2)c(-c2ccccc2)o1. The summed E-state index contributed by atoms with van der Waals surface area (Å²) in [4.78, 5) is 16.7. The Morgan fingerprint density at radius 1 is 1.08 bits per heavy atom. The minimum absolute atomic E-state index is 0.00919. The zero-order chi connectivity index (χ0) is 18.4. The van der Waals surface area contributed by atoms with Gasteiger partial charge in [0.15, 0.2) is 5.76 Å². The van der Waals surface area contributed by atoms with Crippen molar-refractivity contribution in [1.29, 1.82) is 0 Å². The number of carbonyl (C=O) groups excluding carboxylic acids is 1. The van der Waals surface area contributed by atoms with E-state index in [2.05, 4.69) is 10.3 Å². The molecule has 0 saturated carbocycles. The van der Waals surface area contributed by atoms with E-state index in [1.54, 1.807) is 0 Å². The fourth-order valence-corrected chi connectivity index (χ4v) is 3.12. The van der Waals surface area contributed by atoms with Crippen molar-refractivity contribution in [3.05, 3.63) is 60.7 Å². The highest BCUT2D eigenvalue weighted by Crippen LogP contribution is 2.35. The molecule has 0 saturated heterocycles. The third-order valence-corrected chi connectivity index (χ3v) is 4.87. The van der Waals surface area contributed by atoms with Crippen molar-refractivity contribution in [2.75, 3.05) is 5.75 Å². The highest BCUT2D eigenvalue weighted by atomic mass is 32.2. The molecule has 0 aliphatic carbocycles. The van der Waals surface area contributed by atoms with Crippen LogP contribution in [0.1, 0.15) is 20.3 Å². The fourth-order valence-electron chi connectivity index (χ4n) is 2.48. The maximum atomic E-state index is 12.0. The molecule has 0 aliphatic rings. The van der Waals surface area contributed by atoms with Crippen molar-refractivity contribution in [3.63, 3.8) is 0 Å². The highest BCUT2D eigenvalue weighted by molar-refractivity contribution is 7.99. The van der Waals surface area contributed by atoms with Crippen molar-refractivity contribution in [1.82, 2.24) is 10.3 Å². The van der Waals surface area contributed by atoms with Crippen LogP contribution in [-0.4, -0.2) is 22.7 Å². The van der Waals surface area contributed by atoms with Gasteiger partial charge in [0.05, 0.1) is 5.75 Å². The third kappa shape index (κ3) is 4.55. The van der Waals surface area contributed by atoms with Gasteiger partial charge in [0.25, 0.3) is 5.22 Å². The fraction of sp³-hybridized carbons (Fsp3) is 0.238. The zero-order valence-corrected chi connectivity index (χ0v) is 15.8. The molecule has 0 spiro atoms. The predicted octanol–water partition coefficient (Wildman–Crippen LogP) is 5.02. The van der Waals surface area contributed by atoms with E-state index in [9.17, 15) is 4.79 Å². The molecule has 1 heterocycles. The molecule has 1 aromatic heterocycles. The van der Waals surface area contributed by atoms with Gasteiger partial charge in [-0.05, 0) is 13.3 Å². The Morgan fingerprint density at radius 3 is 2.31 bits per heavy atom. The van der Waals surface area contributed by atoms with Crippen molar-refractivity contribution in [2.45, 2.75) is 31.5 Å². The Bertz CT molecular complexity index is 790. The molecule has 2 aromatic carbocycles. The van der Waals surface area contributed by atoms with E-state index in [1.807, 2.05) is 74.5 Å². The maximum absolute atomic E-state index is 12.0. The largest absolute Gasteiger partial charge is 0.431 e. The molecule has 1 atom stereocenters. The van der Waals surface area contributed by atoms with Gasteiger partial charge in [-0.15, -0.1) is 0 Å². The summed E-state index contributed by atoms with van der Waals surface area (Å²) < 4.78 is 6.01. The van der Waals surface area contributed by atoms with E-state index in [0.717, 1.165) is 29.0 Å². The molecule has 0 unspecified atom stereocenters. The number of oxazole rings is 1. The smallest absolute Gasteiger partial charge is 0.257 e. The van der Waals surface area contributed by atoms with Crippen LogP contribution in [0.3, 0.4) is 0 Å². The van der Waals surface area contributed by atoms with Crippen LogP contribution in [0.2, 0.25) is 0 Å². The summed E-state index contributed by atoms with van der Waals surface area (Å²) >= 11 is 1.32. The first-order chi connectivity index (χ1) is 12.7. The molecule has 4 nitrogen and oxygen atoms in total. The standard InChI is InChI=1S/C21H22N2O2S/c1-3-15(2)22-18(24)14-26-21-23-19(16-10-6-4-7-11-16)20(25-21)17-12-8-5-9-13-17/h4-13,15H,3,14H2,1-2H3,(H,22,24)/t15-/m0/s1. The first kappa shape index (κ1) is 18.3. The van der Waals surface area contributed by atoms with Crippen molar-refractivity contribution in [3.8, 4) is 22.6 Å². The Balaban J connectivity index is 1.84. The average molecular weight is 366 g/mol. The number of hydrogen-bond donors (Lipinski definition) is 1. The van der Waals surface area contributed by atoms with Gasteiger partial charge < -0.3 is 9.73 Å². The number of aromatic nitrogens is 1. The van der Waals surface area contributed by atoms with E-state index < -0.39 is 0 Å². The summed E-state index contributed by atoms with van der Waals surface area (Å²) in [6.45, 7) is 4.04. The number of carbonyl (C=O) groups is 1. The van der Waals surface area contributed by atoms with Gasteiger partial charge in [0.2, 0.25) is 5.91 Å². The second-order valence-corrected chi connectivity index (χ2v) is 6.98. The van der Waals surface area contributed by atoms with Gasteiger partial charge in [0.1, 0.15) is 5.69 Å². The van der Waals surface area contributed by atoms with Crippen LogP contribution in [0.25, 0.3) is 22.6 Å². The first-order valence-corrected chi connectivity index (χ1v) is 9.69. The lowest BCUT2D eigenvalue weighted by molar-refractivity contribution is -0.119. The molecule has 0 radical (unpaired) electrons. The van der Waals surface area contributed by atoms with Gasteiger partial charge in [-0.2, -0.15) is 0 Å². The molecule has 0 fully saturated rings. The number of hydrogen-bond acceptors (Lipinski definition) is 4. The second-order valence-electron chi connectivity index (χ2n) is 6.06. The molecule has 0 aliphatic heterocycles. The minimum atomic E-state index is -0.00919. The summed E-state index contributed by atoms with van der Waals surface area (Å²) in [6, 6.07) is 20.0. The number of thioether (sulfide) groups is 1. The summed E-state index contributed by atoms with van der Waals surface area (Å²) in [7, 11) is 0. The molecule has 3 rings (SSSR count). The zero-order valence-electron chi connectivity index (χ0n) is 14.9. The van der Waals surface area contributed by atoms with Crippen LogP contribution >= 0.6 is 11.8 Å². The van der Waals surface area contributed by atoms with Crippen molar-refractivity contribution >= 4 is 17.7 Å². The lowest BCUT2D eigenvalue weighted by atomic mass is 10.1. The predicted molar refractivity (Wildman–Crippen MR) is 106 cm³/mol. The minimum Gasteiger partial charge on any atom is -0.431 e. The molecular weight excluding hydrogens is 344 g/mol. The van der Waals surface area contributed by atoms with Gasteiger partial charge in [0, 0.05) is 17.2 Å². The molecular formula is C21H22N2O2S. The topological polar surface area (TPSA) is 55.1 Å². The van der Waals surface area contributed by atoms with Gasteiger partial charge in [-0.25, -0.2) is 4.98 Å². The molecule has 3 aromatic rings. The number of amides is 1. The molecule has 1 amide bonds. The number of benzene rings is 2. The van der Waals surface area contributed by atoms with Crippen LogP contribution in [0.15, 0.2) is 70.3 Å². The number of nitrogens with zero attached hydrogens (tertiary/aromatic N) is 1. The Kier molecular flexibility index (Phi) is 6.12. The van der Waals surface area contributed by atoms with E-state index in [-0.39, 0.29) is 17.7 Å². The van der Waals surface area contributed by atoms with E-state index in [1.165, 1.54) is 11.8 Å². The molecule has 26 heavy (non-hydrogen) atoms. The Morgan fingerprint density at radius 2 is 1.69 bits per heavy atom. The molecule has 0 bridgehead atoms. The number of rotatable bonds is 7. The van der Waals surface area contributed by atoms with Crippen molar-refractivity contribution < 1.29 is 9.21 Å². The normalized spacial score (nSPS) is 11.9. The Hall–Kier alpha value is -2.53. The second kappa shape index (κ2) is 8.72. The van der Waals surface area contributed by atoms with E-state index >= 15 is 0 Å². The molecule has 5 heteroatoms. The van der Waals surface area contributed by atoms with E-state index in [4.69, 9.17) is 4.42 Å². The summed E-state index contributed by atoms with van der Waals surface area (Å²) in [5.41, 5.74) is 2.75. The third-order valence-electron chi connectivity index (χ3n) is 4.04. The maximum Gasteiger partial charge on any atom is 0.257 e. The van der Waals surface area contributed by atoms with Crippen LogP contribution in [0.4, 0.5) is 0 Å². The Labute approximate surface area is 158 Å². The van der Waals surface area contributed by atoms with Crippen LogP contribution in [0.5, 0.6) is 0 Å². The average Bonchev–Trinajstić information content (AvgIpc) is 3.12. The summed E-state index contributed by atoms with van der Waals surface area (Å²) in [5.74, 6) is 1.000. The van der Waals surface area contributed by atoms with Crippen LogP contribution in [0, 0.1) is 0 Å². The monoisotopic (exact) mass is 366 g/mol. The van der Waals surface area contributed by atoms with Crippen molar-refractivity contribution in [2.24, 2.45) is 0 Å².